The van der Waals surface area contributed by atoms with E-state index < -0.39 is 0 Å². The average Bonchev–Trinajstić information content (AvgIpc) is 2.32. The third-order valence-electron chi connectivity index (χ3n) is 3.30. The summed E-state index contributed by atoms with van der Waals surface area (Å²) in [6.45, 7) is 8.08. The molecule has 1 heterocycles. The fourth-order valence-electron chi connectivity index (χ4n) is 2.25. The lowest BCUT2D eigenvalue weighted by Gasteiger charge is -2.33. The van der Waals surface area contributed by atoms with Crippen LogP contribution in [-0.4, -0.2) is 31.1 Å². The summed E-state index contributed by atoms with van der Waals surface area (Å²) in [4.78, 5) is 2.33. The lowest BCUT2D eigenvalue weighted by atomic mass is 10.0. The summed E-state index contributed by atoms with van der Waals surface area (Å²) in [6.07, 6.45) is 0. The molecule has 0 amide bonds. The fourth-order valence-corrected chi connectivity index (χ4v) is 2.25. The molecule has 1 aliphatic rings. The van der Waals surface area contributed by atoms with E-state index in [9.17, 15) is 4.39 Å². The Morgan fingerprint density at radius 2 is 2.00 bits per heavy atom. The number of hydrogen-bond donors (Lipinski definition) is 1. The predicted octanol–water partition coefficient (Wildman–Crippen LogP) is 2.10. The van der Waals surface area contributed by atoms with Crippen LogP contribution in [0.5, 0.6) is 0 Å². The summed E-state index contributed by atoms with van der Waals surface area (Å²) < 4.78 is 13.7. The van der Waals surface area contributed by atoms with Gasteiger partial charge in [-0.1, -0.05) is 17.7 Å². The van der Waals surface area contributed by atoms with Crippen LogP contribution in [0.4, 0.5) is 4.39 Å². The first-order valence-corrected chi connectivity index (χ1v) is 5.89. The molecule has 1 fully saturated rings. The van der Waals surface area contributed by atoms with E-state index in [0.29, 0.717) is 0 Å². The summed E-state index contributed by atoms with van der Waals surface area (Å²) in [5.41, 5.74) is 1.94. The van der Waals surface area contributed by atoms with Gasteiger partial charge in [-0.2, -0.15) is 0 Å². The van der Waals surface area contributed by atoms with Crippen LogP contribution in [0.2, 0.25) is 0 Å². The first-order chi connectivity index (χ1) is 7.68. The van der Waals surface area contributed by atoms with Crippen LogP contribution < -0.4 is 5.32 Å². The van der Waals surface area contributed by atoms with E-state index in [0.717, 1.165) is 37.3 Å². The number of benzene rings is 1. The molecule has 0 spiro atoms. The molecule has 1 atom stereocenters. The van der Waals surface area contributed by atoms with Gasteiger partial charge in [0.2, 0.25) is 0 Å². The minimum absolute atomic E-state index is 0.0865. The summed E-state index contributed by atoms with van der Waals surface area (Å²) in [7, 11) is 0. The standard InChI is InChI=1S/C13H19FN2/c1-10-3-4-13(14)12(9-10)11(2)16-7-5-15-6-8-16/h3-4,9,11,15H,5-8H2,1-2H3/t11-/m1/s1. The van der Waals surface area contributed by atoms with Gasteiger partial charge in [0, 0.05) is 37.8 Å². The van der Waals surface area contributed by atoms with Gasteiger partial charge in [-0.15, -0.1) is 0 Å². The highest BCUT2D eigenvalue weighted by atomic mass is 19.1. The Hall–Kier alpha value is -0.930. The van der Waals surface area contributed by atoms with Crippen molar-refractivity contribution < 1.29 is 4.39 Å². The number of nitrogens with one attached hydrogen (secondary N) is 1. The Labute approximate surface area is 96.5 Å². The quantitative estimate of drug-likeness (QED) is 0.824. The zero-order valence-electron chi connectivity index (χ0n) is 9.96. The van der Waals surface area contributed by atoms with Gasteiger partial charge in [0.05, 0.1) is 0 Å². The van der Waals surface area contributed by atoms with Gasteiger partial charge < -0.3 is 5.32 Å². The smallest absolute Gasteiger partial charge is 0.127 e. The first-order valence-electron chi connectivity index (χ1n) is 5.89. The van der Waals surface area contributed by atoms with Gasteiger partial charge in [-0.05, 0) is 19.9 Å². The molecule has 2 rings (SSSR count). The molecule has 0 saturated carbocycles. The number of hydrogen-bond acceptors (Lipinski definition) is 2. The monoisotopic (exact) mass is 222 g/mol. The van der Waals surface area contributed by atoms with Gasteiger partial charge in [-0.3, -0.25) is 4.90 Å². The van der Waals surface area contributed by atoms with E-state index in [2.05, 4.69) is 17.1 Å². The second-order valence-corrected chi connectivity index (χ2v) is 4.49. The van der Waals surface area contributed by atoms with E-state index in [1.165, 1.54) is 0 Å². The molecule has 1 aromatic rings. The molecule has 0 unspecified atom stereocenters. The van der Waals surface area contributed by atoms with Crippen molar-refractivity contribution in [3.8, 4) is 0 Å². The first kappa shape index (κ1) is 11.6. The van der Waals surface area contributed by atoms with Crippen molar-refractivity contribution in [2.75, 3.05) is 26.2 Å². The largest absolute Gasteiger partial charge is 0.314 e. The molecule has 0 aromatic heterocycles. The third kappa shape index (κ3) is 2.42. The average molecular weight is 222 g/mol. The second kappa shape index (κ2) is 4.93. The minimum atomic E-state index is -0.0865. The maximum Gasteiger partial charge on any atom is 0.127 e. The van der Waals surface area contributed by atoms with Crippen molar-refractivity contribution >= 4 is 0 Å². The maximum atomic E-state index is 13.7. The second-order valence-electron chi connectivity index (χ2n) is 4.49. The highest BCUT2D eigenvalue weighted by Crippen LogP contribution is 2.24. The topological polar surface area (TPSA) is 15.3 Å². The molecule has 88 valence electrons. The van der Waals surface area contributed by atoms with Crippen molar-refractivity contribution in [3.63, 3.8) is 0 Å². The van der Waals surface area contributed by atoms with Crippen molar-refractivity contribution in [1.82, 2.24) is 10.2 Å². The van der Waals surface area contributed by atoms with Gasteiger partial charge in [-0.25, -0.2) is 4.39 Å². The Morgan fingerprint density at radius 3 is 2.69 bits per heavy atom. The number of rotatable bonds is 2. The van der Waals surface area contributed by atoms with Crippen LogP contribution in [0.3, 0.4) is 0 Å². The lowest BCUT2D eigenvalue weighted by molar-refractivity contribution is 0.182. The molecular weight excluding hydrogens is 203 g/mol. The van der Waals surface area contributed by atoms with Crippen LogP contribution in [-0.2, 0) is 0 Å². The molecule has 1 saturated heterocycles. The maximum absolute atomic E-state index is 13.7. The van der Waals surface area contributed by atoms with Crippen molar-refractivity contribution in [1.29, 1.82) is 0 Å². The highest BCUT2D eigenvalue weighted by Gasteiger charge is 2.20. The van der Waals surface area contributed by atoms with Gasteiger partial charge in [0.1, 0.15) is 5.82 Å². The van der Waals surface area contributed by atoms with Crippen LogP contribution in [0.15, 0.2) is 18.2 Å². The summed E-state index contributed by atoms with van der Waals surface area (Å²) in [5.74, 6) is -0.0865. The number of halogens is 1. The van der Waals surface area contributed by atoms with Crippen LogP contribution in [0, 0.1) is 12.7 Å². The van der Waals surface area contributed by atoms with Crippen LogP contribution in [0.1, 0.15) is 24.1 Å². The lowest BCUT2D eigenvalue weighted by Crippen LogP contribution is -2.44. The Balaban J connectivity index is 2.18. The van der Waals surface area contributed by atoms with Crippen molar-refractivity contribution in [2.24, 2.45) is 0 Å². The normalized spacial score (nSPS) is 19.7. The minimum Gasteiger partial charge on any atom is -0.314 e. The fraction of sp³-hybridized carbons (Fsp3) is 0.538. The van der Waals surface area contributed by atoms with Crippen LogP contribution in [0.25, 0.3) is 0 Å². The summed E-state index contributed by atoms with van der Waals surface area (Å²) in [6, 6.07) is 5.52. The van der Waals surface area contributed by atoms with E-state index >= 15 is 0 Å². The molecule has 1 aromatic carbocycles. The molecule has 3 heteroatoms. The van der Waals surface area contributed by atoms with Crippen molar-refractivity contribution in [2.45, 2.75) is 19.9 Å². The van der Waals surface area contributed by atoms with E-state index in [1.807, 2.05) is 19.1 Å². The number of piperazine rings is 1. The van der Waals surface area contributed by atoms with E-state index in [-0.39, 0.29) is 11.9 Å². The third-order valence-corrected chi connectivity index (χ3v) is 3.30. The predicted molar refractivity (Wildman–Crippen MR) is 64.0 cm³/mol. The molecule has 0 bridgehead atoms. The Bertz CT molecular complexity index is 359. The van der Waals surface area contributed by atoms with E-state index in [4.69, 9.17) is 0 Å². The molecular formula is C13H19FN2. The summed E-state index contributed by atoms with van der Waals surface area (Å²) >= 11 is 0. The Morgan fingerprint density at radius 1 is 1.31 bits per heavy atom. The SMILES string of the molecule is Cc1ccc(F)c([C@@H](C)N2CCNCC2)c1. The number of aryl methyl sites for hydroxylation is 1. The van der Waals surface area contributed by atoms with Gasteiger partial charge in [0.15, 0.2) is 0 Å². The van der Waals surface area contributed by atoms with Crippen molar-refractivity contribution in [3.05, 3.63) is 35.1 Å². The van der Waals surface area contributed by atoms with Crippen LogP contribution >= 0.6 is 0 Å². The highest BCUT2D eigenvalue weighted by molar-refractivity contribution is 5.26. The van der Waals surface area contributed by atoms with Gasteiger partial charge >= 0.3 is 0 Å². The molecule has 0 aliphatic carbocycles. The molecule has 1 N–H and O–H groups in total. The zero-order valence-corrected chi connectivity index (χ0v) is 9.96. The molecule has 1 aliphatic heterocycles. The molecule has 0 radical (unpaired) electrons. The van der Waals surface area contributed by atoms with Gasteiger partial charge in [0.25, 0.3) is 0 Å². The number of nitrogens with zero attached hydrogens (tertiary/aromatic N) is 1. The summed E-state index contributed by atoms with van der Waals surface area (Å²) in [5, 5.41) is 3.31. The zero-order chi connectivity index (χ0) is 11.5. The molecule has 2 nitrogen and oxygen atoms in total. The molecule has 16 heavy (non-hydrogen) atoms. The Kier molecular flexibility index (Phi) is 3.56. The van der Waals surface area contributed by atoms with E-state index in [1.54, 1.807) is 6.07 Å².